The Morgan fingerprint density at radius 1 is 1.86 bits per heavy atom. The summed E-state index contributed by atoms with van der Waals surface area (Å²) in [5.41, 5.74) is 0. The van der Waals surface area contributed by atoms with E-state index in [0.29, 0.717) is 0 Å². The van der Waals surface area contributed by atoms with E-state index in [2.05, 4.69) is 6.58 Å². The highest BCUT2D eigenvalue weighted by molar-refractivity contribution is 5.98. The summed E-state index contributed by atoms with van der Waals surface area (Å²) in [5.74, 6) is 0.881. The molecular weight excluding hydrogens is 104 g/mol. The molecule has 2 heteroatoms. The quantitative estimate of drug-likeness (QED) is 0.286. The van der Waals surface area contributed by atoms with Crippen LogP contribution in [-0.2, 0) is 4.43 Å². The molecule has 0 saturated carbocycles. The molecule has 0 radical (unpaired) electrons. The fraction of sp³-hybridized carbons (Fsp3) is 0.200. The van der Waals surface area contributed by atoms with Gasteiger partial charge in [-0.2, -0.15) is 0 Å². The van der Waals surface area contributed by atoms with E-state index in [1.807, 2.05) is 13.0 Å². The largest absolute Gasteiger partial charge is 0.553 e. The van der Waals surface area contributed by atoms with E-state index in [0.717, 1.165) is 16.2 Å². The van der Waals surface area contributed by atoms with E-state index in [1.54, 1.807) is 6.08 Å². The molecule has 7 heavy (non-hydrogen) atoms. The van der Waals surface area contributed by atoms with Crippen LogP contribution < -0.4 is 0 Å². The molecule has 0 heterocycles. The van der Waals surface area contributed by atoms with E-state index in [-0.39, 0.29) is 0 Å². The van der Waals surface area contributed by atoms with Gasteiger partial charge in [-0.3, -0.25) is 0 Å². The predicted octanol–water partition coefficient (Wildman–Crippen LogP) is 0.373. The lowest BCUT2D eigenvalue weighted by atomic mass is 10.5. The summed E-state index contributed by atoms with van der Waals surface area (Å²) in [6, 6.07) is 0. The van der Waals surface area contributed by atoms with Crippen molar-refractivity contribution in [2.45, 2.75) is 6.92 Å². The van der Waals surface area contributed by atoms with Crippen molar-refractivity contribution in [3.05, 3.63) is 24.5 Å². The molecule has 0 unspecified atom stereocenters. The van der Waals surface area contributed by atoms with Gasteiger partial charge in [0.15, 0.2) is 0 Å². The van der Waals surface area contributed by atoms with Gasteiger partial charge in [0.1, 0.15) is 0 Å². The first-order chi connectivity index (χ1) is 3.35. The molecule has 0 spiro atoms. The lowest BCUT2D eigenvalue weighted by molar-refractivity contribution is 0.491. The minimum atomic E-state index is 0.752. The summed E-state index contributed by atoms with van der Waals surface area (Å²) >= 11 is 0. The highest BCUT2D eigenvalue weighted by Gasteiger charge is 1.76. The fourth-order valence-electron chi connectivity index (χ4n) is 0.319. The van der Waals surface area contributed by atoms with E-state index in [4.69, 9.17) is 4.43 Å². The predicted molar refractivity (Wildman–Crippen MR) is 35.0 cm³/mol. The lowest BCUT2D eigenvalue weighted by Crippen LogP contribution is -1.78. The van der Waals surface area contributed by atoms with E-state index in [9.17, 15) is 0 Å². The van der Waals surface area contributed by atoms with Crippen LogP contribution in [0.1, 0.15) is 6.92 Å². The van der Waals surface area contributed by atoms with Crippen molar-refractivity contribution in [3.63, 3.8) is 0 Å². The van der Waals surface area contributed by atoms with E-state index in [1.165, 1.54) is 0 Å². The first kappa shape index (κ1) is 6.50. The average Bonchev–Trinajstić information content (AvgIpc) is 1.72. The van der Waals surface area contributed by atoms with Crippen LogP contribution in [0.2, 0.25) is 0 Å². The standard InChI is InChI=1S/C5H10OSi/c1-3-5(4-2)6-7/h3-4H,1H2,2,7H3. The molecule has 0 bridgehead atoms. The third kappa shape index (κ3) is 2.22. The molecule has 0 saturated heterocycles. The van der Waals surface area contributed by atoms with E-state index >= 15 is 0 Å². The van der Waals surface area contributed by atoms with Gasteiger partial charge in [0.2, 0.25) is 10.5 Å². The Labute approximate surface area is 47.2 Å². The summed E-state index contributed by atoms with van der Waals surface area (Å²) in [6.07, 6.45) is 3.59. The molecule has 0 fully saturated rings. The molecule has 0 amide bonds. The van der Waals surface area contributed by atoms with Crippen LogP contribution in [-0.4, -0.2) is 10.5 Å². The van der Waals surface area contributed by atoms with Crippen LogP contribution in [0.3, 0.4) is 0 Å². The highest BCUT2D eigenvalue weighted by Crippen LogP contribution is 1.91. The van der Waals surface area contributed by atoms with Gasteiger partial charge < -0.3 is 4.43 Å². The summed E-state index contributed by atoms with van der Waals surface area (Å²) in [5, 5.41) is 0. The Morgan fingerprint density at radius 3 is 2.43 bits per heavy atom. The van der Waals surface area contributed by atoms with Crippen LogP contribution in [0.25, 0.3) is 0 Å². The molecule has 0 rings (SSSR count). The molecule has 1 nitrogen and oxygen atoms in total. The summed E-state index contributed by atoms with van der Waals surface area (Å²) in [7, 11) is 0.752. The Kier molecular flexibility index (Phi) is 3.41. The van der Waals surface area contributed by atoms with Gasteiger partial charge in [0, 0.05) is 0 Å². The average molecular weight is 114 g/mol. The SMILES string of the molecule is C=CC(=CC)O[SiH3]. The molecule has 0 aromatic rings. The van der Waals surface area contributed by atoms with Gasteiger partial charge in [-0.15, -0.1) is 0 Å². The van der Waals surface area contributed by atoms with Crippen molar-refractivity contribution in [1.29, 1.82) is 0 Å². The van der Waals surface area contributed by atoms with Gasteiger partial charge in [0.25, 0.3) is 0 Å². The normalized spacial score (nSPS) is 11.3. The maximum Gasteiger partial charge on any atom is 0.204 e. The number of hydrogen-bond donors (Lipinski definition) is 0. The van der Waals surface area contributed by atoms with Gasteiger partial charge >= 0.3 is 0 Å². The second kappa shape index (κ2) is 3.68. The Bertz CT molecular complexity index is 86.1. The second-order valence-electron chi connectivity index (χ2n) is 1.10. The zero-order chi connectivity index (χ0) is 5.70. The number of rotatable bonds is 2. The monoisotopic (exact) mass is 114 g/mol. The van der Waals surface area contributed by atoms with Crippen LogP contribution in [0.15, 0.2) is 24.5 Å². The molecule has 0 aliphatic rings. The molecule has 40 valence electrons. The second-order valence-corrected chi connectivity index (χ2v) is 1.51. The Balaban J connectivity index is 3.60. The third-order valence-corrected chi connectivity index (χ3v) is 1.19. The van der Waals surface area contributed by atoms with Gasteiger partial charge in [-0.25, -0.2) is 0 Å². The topological polar surface area (TPSA) is 9.23 Å². The zero-order valence-corrected chi connectivity index (χ0v) is 6.77. The zero-order valence-electron chi connectivity index (χ0n) is 4.77. The third-order valence-electron chi connectivity index (χ3n) is 0.721. The minimum Gasteiger partial charge on any atom is -0.553 e. The van der Waals surface area contributed by atoms with E-state index < -0.39 is 0 Å². The van der Waals surface area contributed by atoms with Crippen molar-refractivity contribution in [1.82, 2.24) is 0 Å². The van der Waals surface area contributed by atoms with Crippen molar-refractivity contribution in [2.75, 3.05) is 0 Å². The fourth-order valence-corrected chi connectivity index (χ4v) is 0.721. The van der Waals surface area contributed by atoms with Gasteiger partial charge in [0.05, 0.1) is 5.76 Å². The molecule has 0 aliphatic carbocycles. The molecule has 0 N–H and O–H groups in total. The lowest BCUT2D eigenvalue weighted by Gasteiger charge is -1.95. The highest BCUT2D eigenvalue weighted by atomic mass is 28.2. The van der Waals surface area contributed by atoms with Crippen molar-refractivity contribution in [2.24, 2.45) is 0 Å². The number of hydrogen-bond acceptors (Lipinski definition) is 1. The molecule has 0 aromatic heterocycles. The summed E-state index contributed by atoms with van der Waals surface area (Å²) in [4.78, 5) is 0. The van der Waals surface area contributed by atoms with Crippen molar-refractivity contribution < 1.29 is 4.43 Å². The molecule has 0 aromatic carbocycles. The molecule has 0 aliphatic heterocycles. The Morgan fingerprint density at radius 2 is 2.43 bits per heavy atom. The molecule has 0 atom stereocenters. The summed E-state index contributed by atoms with van der Waals surface area (Å²) < 4.78 is 4.93. The number of allylic oxidation sites excluding steroid dienone is 2. The first-order valence-corrected chi connectivity index (χ1v) is 2.99. The van der Waals surface area contributed by atoms with Crippen LogP contribution in [0.4, 0.5) is 0 Å². The van der Waals surface area contributed by atoms with Crippen LogP contribution >= 0.6 is 0 Å². The molecular formula is C5H10OSi. The van der Waals surface area contributed by atoms with Crippen molar-refractivity contribution in [3.8, 4) is 0 Å². The Hall–Kier alpha value is -0.503. The van der Waals surface area contributed by atoms with Crippen LogP contribution in [0.5, 0.6) is 0 Å². The maximum absolute atomic E-state index is 4.93. The minimum absolute atomic E-state index is 0.752. The summed E-state index contributed by atoms with van der Waals surface area (Å²) in [6.45, 7) is 5.46. The van der Waals surface area contributed by atoms with Crippen LogP contribution in [0, 0.1) is 0 Å². The van der Waals surface area contributed by atoms with Crippen molar-refractivity contribution >= 4 is 10.5 Å². The maximum atomic E-state index is 4.93. The van der Waals surface area contributed by atoms with Gasteiger partial charge in [-0.1, -0.05) is 6.58 Å². The first-order valence-electron chi connectivity index (χ1n) is 2.18. The van der Waals surface area contributed by atoms with Gasteiger partial charge in [-0.05, 0) is 19.1 Å². The smallest absolute Gasteiger partial charge is 0.204 e.